The third kappa shape index (κ3) is 6.88. The highest BCUT2D eigenvalue weighted by Gasteiger charge is 2.09. The largest absolute Gasteiger partial charge is 0.493 e. The lowest BCUT2D eigenvalue weighted by molar-refractivity contribution is -0.115. The molecule has 3 rings (SSSR count). The van der Waals surface area contributed by atoms with E-state index in [0.717, 1.165) is 5.56 Å². The van der Waals surface area contributed by atoms with Crippen LogP contribution in [0, 0.1) is 5.82 Å². The van der Waals surface area contributed by atoms with Gasteiger partial charge in [-0.15, -0.1) is 0 Å². The Bertz CT molecular complexity index is 1230. The fourth-order valence-corrected chi connectivity index (χ4v) is 3.14. The number of methoxy groups -OCH3 is 2. The van der Waals surface area contributed by atoms with E-state index in [1.54, 1.807) is 55.7 Å². The molecule has 0 aliphatic carbocycles. The summed E-state index contributed by atoms with van der Waals surface area (Å²) in [6.07, 6.45) is 2.95. The number of nitrogens with one attached hydrogen (secondary N) is 3. The second kappa shape index (κ2) is 11.6. The molecule has 9 heteroatoms. The van der Waals surface area contributed by atoms with Gasteiger partial charge >= 0.3 is 0 Å². The van der Waals surface area contributed by atoms with Gasteiger partial charge < -0.3 is 20.1 Å². The van der Waals surface area contributed by atoms with Crippen molar-refractivity contribution in [2.24, 2.45) is 0 Å². The third-order valence-electron chi connectivity index (χ3n) is 4.56. The number of hydrogen-bond donors (Lipinski definition) is 3. The van der Waals surface area contributed by atoms with Crippen LogP contribution in [-0.2, 0) is 4.79 Å². The minimum Gasteiger partial charge on any atom is -0.493 e. The molecular formula is C25H22FN3O4S. The van der Waals surface area contributed by atoms with Gasteiger partial charge in [0.15, 0.2) is 16.6 Å². The summed E-state index contributed by atoms with van der Waals surface area (Å²) < 4.78 is 23.5. The van der Waals surface area contributed by atoms with Gasteiger partial charge in [-0.2, -0.15) is 0 Å². The average molecular weight is 480 g/mol. The zero-order valence-electron chi connectivity index (χ0n) is 18.4. The van der Waals surface area contributed by atoms with Gasteiger partial charge in [-0.3, -0.25) is 14.9 Å². The Balaban J connectivity index is 1.57. The highest BCUT2D eigenvalue weighted by atomic mass is 32.1. The summed E-state index contributed by atoms with van der Waals surface area (Å²) in [6, 6.07) is 17.3. The molecule has 174 valence electrons. The van der Waals surface area contributed by atoms with Crippen molar-refractivity contribution in [3.63, 3.8) is 0 Å². The van der Waals surface area contributed by atoms with E-state index in [-0.39, 0.29) is 11.0 Å². The average Bonchev–Trinajstić information content (AvgIpc) is 2.84. The summed E-state index contributed by atoms with van der Waals surface area (Å²) >= 11 is 5.19. The highest BCUT2D eigenvalue weighted by Crippen LogP contribution is 2.27. The Morgan fingerprint density at radius 1 is 0.882 bits per heavy atom. The van der Waals surface area contributed by atoms with Crippen molar-refractivity contribution in [1.29, 1.82) is 0 Å². The van der Waals surface area contributed by atoms with Gasteiger partial charge in [0, 0.05) is 23.0 Å². The smallest absolute Gasteiger partial charge is 0.255 e. The summed E-state index contributed by atoms with van der Waals surface area (Å²) in [7, 11) is 3.08. The quantitative estimate of drug-likeness (QED) is 0.339. The summed E-state index contributed by atoms with van der Waals surface area (Å²) in [5, 5.41) is 8.17. The number of carbonyl (C=O) groups is 2. The minimum atomic E-state index is -0.433. The Labute approximate surface area is 201 Å². The van der Waals surface area contributed by atoms with Gasteiger partial charge in [-0.25, -0.2) is 4.39 Å². The Hall–Kier alpha value is -4.24. The molecule has 0 unspecified atom stereocenters. The number of amides is 2. The van der Waals surface area contributed by atoms with Crippen molar-refractivity contribution in [3.8, 4) is 11.5 Å². The number of hydrogen-bond acceptors (Lipinski definition) is 5. The van der Waals surface area contributed by atoms with Crippen molar-refractivity contribution < 1.29 is 23.5 Å². The van der Waals surface area contributed by atoms with Gasteiger partial charge in [0.05, 0.1) is 14.2 Å². The maximum Gasteiger partial charge on any atom is 0.255 e. The topological polar surface area (TPSA) is 88.7 Å². The zero-order valence-corrected chi connectivity index (χ0v) is 19.2. The third-order valence-corrected chi connectivity index (χ3v) is 4.76. The molecule has 0 bridgehead atoms. The molecule has 0 fully saturated rings. The van der Waals surface area contributed by atoms with Crippen molar-refractivity contribution >= 4 is 46.6 Å². The predicted molar refractivity (Wildman–Crippen MR) is 134 cm³/mol. The molecule has 0 aliphatic rings. The van der Waals surface area contributed by atoms with Crippen molar-refractivity contribution in [2.45, 2.75) is 0 Å². The second-order valence-corrected chi connectivity index (χ2v) is 7.34. The molecule has 34 heavy (non-hydrogen) atoms. The highest BCUT2D eigenvalue weighted by molar-refractivity contribution is 7.80. The molecule has 3 aromatic rings. The second-order valence-electron chi connectivity index (χ2n) is 6.93. The Morgan fingerprint density at radius 3 is 2.32 bits per heavy atom. The zero-order chi connectivity index (χ0) is 24.5. The molecule has 0 radical (unpaired) electrons. The standard InChI is InChI=1S/C25H22FN3O4S/c1-32-21-12-6-16(14-22(21)33-2)7-13-23(30)29-25(34)28-20-5-3-4-17(15-20)24(31)27-19-10-8-18(26)9-11-19/h3-15H,1-2H3,(H,27,31)(H2,28,29,30,34)/b13-7+. The van der Waals surface area contributed by atoms with E-state index in [2.05, 4.69) is 16.0 Å². The molecule has 2 amide bonds. The summed E-state index contributed by atoms with van der Waals surface area (Å²) in [5.74, 6) is -0.0625. The summed E-state index contributed by atoms with van der Waals surface area (Å²) in [5.41, 5.74) is 2.08. The van der Waals surface area contributed by atoms with Crippen LogP contribution in [0.15, 0.2) is 72.8 Å². The van der Waals surface area contributed by atoms with Crippen molar-refractivity contribution in [3.05, 3.63) is 89.8 Å². The van der Waals surface area contributed by atoms with E-state index in [0.29, 0.717) is 28.4 Å². The maximum atomic E-state index is 13.0. The van der Waals surface area contributed by atoms with E-state index < -0.39 is 11.7 Å². The molecular weight excluding hydrogens is 457 g/mol. The molecule has 3 N–H and O–H groups in total. The first-order chi connectivity index (χ1) is 16.4. The van der Waals surface area contributed by atoms with E-state index in [1.165, 1.54) is 37.5 Å². The summed E-state index contributed by atoms with van der Waals surface area (Å²) in [4.78, 5) is 24.7. The molecule has 0 saturated carbocycles. The van der Waals surface area contributed by atoms with E-state index in [4.69, 9.17) is 21.7 Å². The molecule has 0 aromatic heterocycles. The van der Waals surface area contributed by atoms with Crippen LogP contribution in [0.2, 0.25) is 0 Å². The SMILES string of the molecule is COc1ccc(/C=C/C(=O)NC(=S)Nc2cccc(C(=O)Nc3ccc(F)cc3)c2)cc1OC. The molecule has 0 spiro atoms. The van der Waals surface area contributed by atoms with Crippen LogP contribution >= 0.6 is 12.2 Å². The van der Waals surface area contributed by atoms with Crippen LogP contribution in [0.3, 0.4) is 0 Å². The van der Waals surface area contributed by atoms with Crippen molar-refractivity contribution in [2.75, 3.05) is 24.9 Å². The van der Waals surface area contributed by atoms with Crippen LogP contribution in [0.1, 0.15) is 15.9 Å². The number of benzene rings is 3. The number of ether oxygens (including phenoxy) is 2. The first kappa shape index (κ1) is 24.4. The molecule has 0 atom stereocenters. The number of halogens is 1. The first-order valence-electron chi connectivity index (χ1n) is 10.1. The maximum absolute atomic E-state index is 13.0. The van der Waals surface area contributed by atoms with Gasteiger partial charge in [0.25, 0.3) is 5.91 Å². The molecule has 0 heterocycles. The monoisotopic (exact) mass is 479 g/mol. The van der Waals surface area contributed by atoms with Gasteiger partial charge in [0.2, 0.25) is 5.91 Å². The molecule has 3 aromatic carbocycles. The van der Waals surface area contributed by atoms with Crippen molar-refractivity contribution in [1.82, 2.24) is 5.32 Å². The fourth-order valence-electron chi connectivity index (χ4n) is 2.92. The number of anilines is 2. The van der Waals surface area contributed by atoms with Crippen LogP contribution in [-0.4, -0.2) is 31.1 Å². The lowest BCUT2D eigenvalue weighted by atomic mass is 10.2. The van der Waals surface area contributed by atoms with Gasteiger partial charge in [-0.1, -0.05) is 12.1 Å². The van der Waals surface area contributed by atoms with E-state index in [9.17, 15) is 14.0 Å². The van der Waals surface area contributed by atoms with Crippen LogP contribution in [0.4, 0.5) is 15.8 Å². The lowest BCUT2D eigenvalue weighted by Crippen LogP contribution is -2.32. The van der Waals surface area contributed by atoms with Crippen LogP contribution in [0.5, 0.6) is 11.5 Å². The number of thiocarbonyl (C=S) groups is 1. The first-order valence-corrected chi connectivity index (χ1v) is 10.5. The number of rotatable bonds is 7. The fraction of sp³-hybridized carbons (Fsp3) is 0.0800. The van der Waals surface area contributed by atoms with Crippen LogP contribution in [0.25, 0.3) is 6.08 Å². The molecule has 0 aliphatic heterocycles. The Kier molecular flexibility index (Phi) is 8.31. The minimum absolute atomic E-state index is 0.0676. The van der Waals surface area contributed by atoms with E-state index >= 15 is 0 Å². The molecule has 0 saturated heterocycles. The molecule has 7 nitrogen and oxygen atoms in total. The van der Waals surface area contributed by atoms with Crippen LogP contribution < -0.4 is 25.4 Å². The summed E-state index contributed by atoms with van der Waals surface area (Å²) in [6.45, 7) is 0. The Morgan fingerprint density at radius 2 is 1.62 bits per heavy atom. The number of carbonyl (C=O) groups excluding carboxylic acids is 2. The van der Waals surface area contributed by atoms with Gasteiger partial charge in [0.1, 0.15) is 5.82 Å². The normalized spacial score (nSPS) is 10.4. The van der Waals surface area contributed by atoms with E-state index in [1.807, 2.05) is 0 Å². The lowest BCUT2D eigenvalue weighted by Gasteiger charge is -2.10. The predicted octanol–water partition coefficient (Wildman–Crippen LogP) is 4.62. The van der Waals surface area contributed by atoms with Gasteiger partial charge in [-0.05, 0) is 78.5 Å².